The van der Waals surface area contributed by atoms with Gasteiger partial charge in [-0.05, 0) is 23.3 Å². The fraction of sp³-hybridized carbons (Fsp3) is 0.188. The molecule has 0 unspecified atom stereocenters. The fourth-order valence-electron chi connectivity index (χ4n) is 1.99. The van der Waals surface area contributed by atoms with Crippen LogP contribution >= 0.6 is 0 Å². The molecule has 2 aromatic rings. The van der Waals surface area contributed by atoms with Gasteiger partial charge in [-0.15, -0.1) is 0 Å². The van der Waals surface area contributed by atoms with Gasteiger partial charge in [0.05, 0.1) is 12.7 Å². The number of hydrogen-bond donors (Lipinski definition) is 0. The highest BCUT2D eigenvalue weighted by molar-refractivity contribution is 5.89. The lowest BCUT2D eigenvalue weighted by atomic mass is 9.92. The molecule has 0 aliphatic heterocycles. The normalized spacial score (nSPS) is 11.9. The third-order valence-electron chi connectivity index (χ3n) is 3.11. The molecule has 2 heteroatoms. The molecule has 0 heterocycles. The zero-order valence-electron chi connectivity index (χ0n) is 10.6. The highest BCUT2D eigenvalue weighted by Crippen LogP contribution is 2.24. The van der Waals surface area contributed by atoms with Crippen LogP contribution in [0, 0.1) is 0 Å². The van der Waals surface area contributed by atoms with Crippen molar-refractivity contribution in [1.82, 2.24) is 0 Å². The van der Waals surface area contributed by atoms with E-state index in [9.17, 15) is 4.79 Å². The summed E-state index contributed by atoms with van der Waals surface area (Å²) >= 11 is 0. The first kappa shape index (κ1) is 12.4. The Morgan fingerprint density at radius 2 is 1.67 bits per heavy atom. The summed E-state index contributed by atoms with van der Waals surface area (Å²) in [6.07, 6.45) is 0. The third-order valence-corrected chi connectivity index (χ3v) is 3.11. The molecule has 0 aliphatic carbocycles. The number of hydrogen-bond acceptors (Lipinski definition) is 2. The Balaban J connectivity index is 2.31. The van der Waals surface area contributed by atoms with Crippen LogP contribution in [0.4, 0.5) is 0 Å². The van der Waals surface area contributed by atoms with Gasteiger partial charge in [-0.25, -0.2) is 4.79 Å². The molecule has 0 bridgehead atoms. The minimum Gasteiger partial charge on any atom is -0.465 e. The fourth-order valence-corrected chi connectivity index (χ4v) is 1.99. The van der Waals surface area contributed by atoms with E-state index in [0.717, 1.165) is 5.56 Å². The van der Waals surface area contributed by atoms with Gasteiger partial charge in [-0.3, -0.25) is 0 Å². The Kier molecular flexibility index (Phi) is 3.78. The highest BCUT2D eigenvalue weighted by atomic mass is 16.5. The Bertz CT molecular complexity index is 532. The van der Waals surface area contributed by atoms with Crippen molar-refractivity contribution < 1.29 is 9.53 Å². The van der Waals surface area contributed by atoms with Crippen LogP contribution in [0.5, 0.6) is 0 Å². The summed E-state index contributed by atoms with van der Waals surface area (Å²) in [6.45, 7) is 2.13. The molecular formula is C16H16O2. The number of rotatable bonds is 3. The molecule has 1 atom stereocenters. The minimum absolute atomic E-state index is 0.260. The molecule has 2 nitrogen and oxygen atoms in total. The van der Waals surface area contributed by atoms with Crippen molar-refractivity contribution in [2.24, 2.45) is 0 Å². The van der Waals surface area contributed by atoms with Crippen LogP contribution in [0.15, 0.2) is 54.6 Å². The first-order valence-electron chi connectivity index (χ1n) is 5.95. The topological polar surface area (TPSA) is 26.3 Å². The van der Waals surface area contributed by atoms with Crippen LogP contribution in [-0.2, 0) is 4.74 Å². The molecule has 18 heavy (non-hydrogen) atoms. The van der Waals surface area contributed by atoms with Gasteiger partial charge in [-0.2, -0.15) is 0 Å². The summed E-state index contributed by atoms with van der Waals surface area (Å²) < 4.78 is 4.74. The van der Waals surface area contributed by atoms with Gasteiger partial charge < -0.3 is 4.74 Å². The number of ether oxygens (including phenoxy) is 1. The number of methoxy groups -OCH3 is 1. The molecule has 0 amide bonds. The molecule has 2 aromatic carbocycles. The first-order valence-corrected chi connectivity index (χ1v) is 5.95. The SMILES string of the molecule is COC(=O)c1cccc([C@H](C)c2ccccc2)c1. The molecule has 0 saturated carbocycles. The molecule has 0 aromatic heterocycles. The van der Waals surface area contributed by atoms with E-state index in [1.54, 1.807) is 6.07 Å². The number of carbonyl (C=O) groups excluding carboxylic acids is 1. The van der Waals surface area contributed by atoms with Crippen molar-refractivity contribution in [1.29, 1.82) is 0 Å². The van der Waals surface area contributed by atoms with E-state index in [2.05, 4.69) is 19.1 Å². The molecule has 92 valence electrons. The van der Waals surface area contributed by atoms with E-state index in [4.69, 9.17) is 4.74 Å². The highest BCUT2D eigenvalue weighted by Gasteiger charge is 2.11. The summed E-state index contributed by atoms with van der Waals surface area (Å²) in [4.78, 5) is 11.5. The average molecular weight is 240 g/mol. The van der Waals surface area contributed by atoms with Gasteiger partial charge in [0.25, 0.3) is 0 Å². The lowest BCUT2D eigenvalue weighted by Crippen LogP contribution is -2.03. The predicted molar refractivity (Wildman–Crippen MR) is 71.7 cm³/mol. The zero-order chi connectivity index (χ0) is 13.0. The lowest BCUT2D eigenvalue weighted by molar-refractivity contribution is 0.0600. The van der Waals surface area contributed by atoms with Crippen LogP contribution < -0.4 is 0 Å². The maximum atomic E-state index is 11.5. The Labute approximate surface area is 107 Å². The van der Waals surface area contributed by atoms with E-state index in [1.807, 2.05) is 36.4 Å². The van der Waals surface area contributed by atoms with Crippen LogP contribution in [0.1, 0.15) is 34.3 Å². The van der Waals surface area contributed by atoms with Crippen LogP contribution in [0.25, 0.3) is 0 Å². The minimum atomic E-state index is -0.294. The van der Waals surface area contributed by atoms with E-state index < -0.39 is 0 Å². The second-order valence-electron chi connectivity index (χ2n) is 4.25. The number of carbonyl (C=O) groups is 1. The van der Waals surface area contributed by atoms with E-state index in [0.29, 0.717) is 5.56 Å². The largest absolute Gasteiger partial charge is 0.465 e. The molecule has 0 N–H and O–H groups in total. The van der Waals surface area contributed by atoms with Crippen LogP contribution in [0.2, 0.25) is 0 Å². The predicted octanol–water partition coefficient (Wildman–Crippen LogP) is 3.63. The van der Waals surface area contributed by atoms with Crippen molar-refractivity contribution in [3.63, 3.8) is 0 Å². The van der Waals surface area contributed by atoms with E-state index in [-0.39, 0.29) is 11.9 Å². The summed E-state index contributed by atoms with van der Waals surface area (Å²) in [7, 11) is 1.40. The zero-order valence-corrected chi connectivity index (χ0v) is 10.6. The van der Waals surface area contributed by atoms with E-state index >= 15 is 0 Å². The maximum absolute atomic E-state index is 11.5. The third kappa shape index (κ3) is 2.59. The van der Waals surface area contributed by atoms with E-state index in [1.165, 1.54) is 12.7 Å². The molecule has 0 aliphatic rings. The van der Waals surface area contributed by atoms with Crippen molar-refractivity contribution in [2.75, 3.05) is 7.11 Å². The monoisotopic (exact) mass is 240 g/mol. The summed E-state index contributed by atoms with van der Waals surface area (Å²) in [5.74, 6) is -0.0343. The van der Waals surface area contributed by atoms with Gasteiger partial charge in [0, 0.05) is 5.92 Å². The van der Waals surface area contributed by atoms with Crippen molar-refractivity contribution >= 4 is 5.97 Å². The molecule has 0 fully saturated rings. The van der Waals surface area contributed by atoms with Crippen LogP contribution in [0.3, 0.4) is 0 Å². The van der Waals surface area contributed by atoms with Crippen molar-refractivity contribution in [2.45, 2.75) is 12.8 Å². The van der Waals surface area contributed by atoms with Crippen molar-refractivity contribution in [3.8, 4) is 0 Å². The summed E-state index contributed by atoms with van der Waals surface area (Å²) in [6, 6.07) is 17.8. The molecule has 0 spiro atoms. The smallest absolute Gasteiger partial charge is 0.337 e. The number of esters is 1. The Morgan fingerprint density at radius 3 is 2.33 bits per heavy atom. The van der Waals surface area contributed by atoms with Gasteiger partial charge in [0.1, 0.15) is 0 Å². The van der Waals surface area contributed by atoms with Gasteiger partial charge in [0.15, 0.2) is 0 Å². The maximum Gasteiger partial charge on any atom is 0.337 e. The quantitative estimate of drug-likeness (QED) is 0.766. The van der Waals surface area contributed by atoms with Gasteiger partial charge in [0.2, 0.25) is 0 Å². The Morgan fingerprint density at radius 1 is 1.00 bits per heavy atom. The molecule has 0 radical (unpaired) electrons. The second-order valence-corrected chi connectivity index (χ2v) is 4.25. The van der Waals surface area contributed by atoms with Crippen molar-refractivity contribution in [3.05, 3.63) is 71.3 Å². The standard InChI is InChI=1S/C16H16O2/c1-12(13-7-4-3-5-8-13)14-9-6-10-15(11-14)16(17)18-2/h3-12H,1-2H3/t12-/m1/s1. The first-order chi connectivity index (χ1) is 8.72. The Hall–Kier alpha value is -2.09. The lowest BCUT2D eigenvalue weighted by Gasteiger charge is -2.13. The molecular weight excluding hydrogens is 224 g/mol. The molecule has 0 saturated heterocycles. The average Bonchev–Trinajstić information content (AvgIpc) is 2.46. The van der Waals surface area contributed by atoms with Gasteiger partial charge >= 0.3 is 5.97 Å². The summed E-state index contributed by atoms with van der Waals surface area (Å²) in [5, 5.41) is 0. The van der Waals surface area contributed by atoms with Gasteiger partial charge in [-0.1, -0.05) is 49.4 Å². The molecule has 2 rings (SSSR count). The number of benzene rings is 2. The second kappa shape index (κ2) is 5.50. The van der Waals surface area contributed by atoms with Crippen LogP contribution in [-0.4, -0.2) is 13.1 Å². The summed E-state index contributed by atoms with van der Waals surface area (Å²) in [5.41, 5.74) is 2.95.